The third-order valence-corrected chi connectivity index (χ3v) is 4.54. The second kappa shape index (κ2) is 4.82. The zero-order valence-corrected chi connectivity index (χ0v) is 12.4. The molecule has 1 N–H and O–H groups in total. The van der Waals surface area contributed by atoms with E-state index in [1.54, 1.807) is 0 Å². The van der Waals surface area contributed by atoms with Crippen LogP contribution in [0, 0.1) is 12.8 Å². The molecular formula is C15H25N3O. The third kappa shape index (κ3) is 2.16. The van der Waals surface area contributed by atoms with Crippen LogP contribution in [0.4, 0.5) is 5.82 Å². The molecule has 106 valence electrons. The van der Waals surface area contributed by atoms with Gasteiger partial charge in [0.05, 0.1) is 17.8 Å². The van der Waals surface area contributed by atoms with Crippen molar-refractivity contribution in [3.63, 3.8) is 0 Å². The molecule has 0 aliphatic carbocycles. The molecule has 0 saturated carbocycles. The average Bonchev–Trinajstić information content (AvgIpc) is 2.93. The van der Waals surface area contributed by atoms with Gasteiger partial charge in [-0.1, -0.05) is 13.8 Å². The highest BCUT2D eigenvalue weighted by Gasteiger charge is 2.32. The molecule has 0 radical (unpaired) electrons. The smallest absolute Gasteiger partial charge is 0.127 e. The van der Waals surface area contributed by atoms with Crippen molar-refractivity contribution in [2.75, 3.05) is 11.9 Å². The fourth-order valence-electron chi connectivity index (χ4n) is 3.37. The zero-order valence-electron chi connectivity index (χ0n) is 12.4. The van der Waals surface area contributed by atoms with Crippen LogP contribution in [0.25, 0.3) is 0 Å². The molecule has 3 unspecified atom stereocenters. The van der Waals surface area contributed by atoms with Crippen LogP contribution in [-0.2, 0) is 4.74 Å². The molecule has 3 atom stereocenters. The van der Waals surface area contributed by atoms with Crippen molar-refractivity contribution in [3.8, 4) is 0 Å². The lowest BCUT2D eigenvalue weighted by Crippen LogP contribution is -2.27. The summed E-state index contributed by atoms with van der Waals surface area (Å²) in [5.74, 6) is 1.83. The minimum Gasteiger partial charge on any atom is -0.370 e. The van der Waals surface area contributed by atoms with Gasteiger partial charge < -0.3 is 10.1 Å². The molecule has 4 nitrogen and oxygen atoms in total. The molecule has 0 aromatic carbocycles. The van der Waals surface area contributed by atoms with Crippen LogP contribution in [0.2, 0.25) is 0 Å². The molecular weight excluding hydrogens is 238 g/mol. The third-order valence-electron chi connectivity index (χ3n) is 4.54. The summed E-state index contributed by atoms with van der Waals surface area (Å²) in [6, 6.07) is 0.516. The number of aromatic nitrogens is 2. The van der Waals surface area contributed by atoms with Gasteiger partial charge in [0.2, 0.25) is 0 Å². The van der Waals surface area contributed by atoms with E-state index in [-0.39, 0.29) is 6.10 Å². The Bertz CT molecular complexity index is 466. The topological polar surface area (TPSA) is 39.1 Å². The van der Waals surface area contributed by atoms with Crippen LogP contribution in [0.15, 0.2) is 0 Å². The Labute approximate surface area is 115 Å². The highest BCUT2D eigenvalue weighted by atomic mass is 16.5. The number of anilines is 1. The van der Waals surface area contributed by atoms with Gasteiger partial charge >= 0.3 is 0 Å². The lowest BCUT2D eigenvalue weighted by atomic mass is 9.99. The monoisotopic (exact) mass is 263 g/mol. The summed E-state index contributed by atoms with van der Waals surface area (Å²) in [5.41, 5.74) is 2.43. The van der Waals surface area contributed by atoms with E-state index in [9.17, 15) is 0 Å². The summed E-state index contributed by atoms with van der Waals surface area (Å²) in [5, 5.41) is 8.41. The van der Waals surface area contributed by atoms with Crippen LogP contribution in [0.5, 0.6) is 0 Å². The van der Waals surface area contributed by atoms with Gasteiger partial charge in [-0.2, -0.15) is 5.10 Å². The fourth-order valence-corrected chi connectivity index (χ4v) is 3.37. The first-order chi connectivity index (χ1) is 9.08. The van der Waals surface area contributed by atoms with Gasteiger partial charge in [0.15, 0.2) is 0 Å². The number of rotatable bonds is 2. The first kappa shape index (κ1) is 13.0. The van der Waals surface area contributed by atoms with Crippen molar-refractivity contribution in [3.05, 3.63) is 11.3 Å². The SMILES string of the molecule is Cc1c(C2CCC(C)O2)nn2c1NCCC2C(C)C. The Balaban J connectivity index is 1.95. The first-order valence-electron chi connectivity index (χ1n) is 7.56. The minimum absolute atomic E-state index is 0.197. The highest BCUT2D eigenvalue weighted by Crippen LogP contribution is 2.39. The van der Waals surface area contributed by atoms with Gasteiger partial charge in [-0.15, -0.1) is 0 Å². The molecule has 0 bridgehead atoms. The summed E-state index contributed by atoms with van der Waals surface area (Å²) in [6.45, 7) is 9.95. The molecule has 1 saturated heterocycles. The van der Waals surface area contributed by atoms with Crippen molar-refractivity contribution in [2.45, 2.75) is 65.2 Å². The van der Waals surface area contributed by atoms with Gasteiger partial charge in [0.1, 0.15) is 11.9 Å². The van der Waals surface area contributed by atoms with E-state index in [1.807, 2.05) is 0 Å². The summed E-state index contributed by atoms with van der Waals surface area (Å²) >= 11 is 0. The molecule has 2 aliphatic heterocycles. The molecule has 1 fully saturated rings. The van der Waals surface area contributed by atoms with Gasteiger partial charge in [0, 0.05) is 12.1 Å². The van der Waals surface area contributed by atoms with E-state index in [1.165, 1.54) is 11.4 Å². The van der Waals surface area contributed by atoms with Crippen LogP contribution in [-0.4, -0.2) is 22.4 Å². The van der Waals surface area contributed by atoms with Crippen LogP contribution in [0.1, 0.15) is 63.4 Å². The Hall–Kier alpha value is -1.03. The number of hydrogen-bond acceptors (Lipinski definition) is 3. The lowest BCUT2D eigenvalue weighted by molar-refractivity contribution is 0.0520. The summed E-state index contributed by atoms with van der Waals surface area (Å²) < 4.78 is 8.21. The average molecular weight is 263 g/mol. The Kier molecular flexibility index (Phi) is 3.29. The molecule has 3 rings (SSSR count). The molecule has 4 heteroatoms. The van der Waals surface area contributed by atoms with Gasteiger partial charge in [-0.25, -0.2) is 4.68 Å². The summed E-state index contributed by atoms with van der Waals surface area (Å²) in [7, 11) is 0. The Morgan fingerprint density at radius 3 is 2.74 bits per heavy atom. The van der Waals surface area contributed by atoms with Crippen molar-refractivity contribution in [2.24, 2.45) is 5.92 Å². The maximum atomic E-state index is 6.00. The molecule has 0 spiro atoms. The standard InChI is InChI=1S/C15H25N3O/c1-9(2)12-7-8-16-15-11(4)14(17-18(12)15)13-6-5-10(3)19-13/h9-10,12-13,16H,5-8H2,1-4H3. The maximum Gasteiger partial charge on any atom is 0.127 e. The quantitative estimate of drug-likeness (QED) is 0.888. The predicted molar refractivity (Wildman–Crippen MR) is 76.5 cm³/mol. The van der Waals surface area contributed by atoms with E-state index >= 15 is 0 Å². The van der Waals surface area contributed by atoms with E-state index in [0.29, 0.717) is 18.1 Å². The zero-order chi connectivity index (χ0) is 13.6. The van der Waals surface area contributed by atoms with Gasteiger partial charge in [-0.05, 0) is 39.0 Å². The maximum absolute atomic E-state index is 6.00. The van der Waals surface area contributed by atoms with Gasteiger partial charge in [-0.3, -0.25) is 0 Å². The van der Waals surface area contributed by atoms with Gasteiger partial charge in [0.25, 0.3) is 0 Å². The molecule has 1 aromatic heterocycles. The second-order valence-corrected chi connectivity index (χ2v) is 6.34. The van der Waals surface area contributed by atoms with Crippen LogP contribution >= 0.6 is 0 Å². The number of nitrogens with one attached hydrogen (secondary N) is 1. The number of hydrogen-bond donors (Lipinski definition) is 1. The van der Waals surface area contributed by atoms with E-state index in [4.69, 9.17) is 9.84 Å². The minimum atomic E-state index is 0.197. The number of nitrogens with zero attached hydrogens (tertiary/aromatic N) is 2. The van der Waals surface area contributed by atoms with Crippen molar-refractivity contribution in [1.29, 1.82) is 0 Å². The number of ether oxygens (including phenoxy) is 1. The first-order valence-corrected chi connectivity index (χ1v) is 7.56. The van der Waals surface area contributed by atoms with Crippen LogP contribution in [0.3, 0.4) is 0 Å². The van der Waals surface area contributed by atoms with Crippen molar-refractivity contribution in [1.82, 2.24) is 9.78 Å². The second-order valence-electron chi connectivity index (χ2n) is 6.34. The fraction of sp³-hybridized carbons (Fsp3) is 0.800. The lowest BCUT2D eigenvalue weighted by Gasteiger charge is -2.28. The molecule has 0 amide bonds. The normalized spacial score (nSPS) is 30.5. The van der Waals surface area contributed by atoms with Crippen molar-refractivity contribution >= 4 is 5.82 Å². The van der Waals surface area contributed by atoms with E-state index in [2.05, 4.69) is 37.7 Å². The summed E-state index contributed by atoms with van der Waals surface area (Å²) in [6.07, 6.45) is 3.98. The Morgan fingerprint density at radius 1 is 1.32 bits per heavy atom. The number of fused-ring (bicyclic) bond motifs is 1. The molecule has 2 aliphatic rings. The molecule has 19 heavy (non-hydrogen) atoms. The van der Waals surface area contributed by atoms with Crippen LogP contribution < -0.4 is 5.32 Å². The highest BCUT2D eigenvalue weighted by molar-refractivity contribution is 5.49. The predicted octanol–water partition coefficient (Wildman–Crippen LogP) is 3.44. The largest absolute Gasteiger partial charge is 0.370 e. The Morgan fingerprint density at radius 2 is 2.11 bits per heavy atom. The molecule has 3 heterocycles. The van der Waals surface area contributed by atoms with Crippen molar-refractivity contribution < 1.29 is 4.74 Å². The molecule has 1 aromatic rings. The van der Waals surface area contributed by atoms with E-state index < -0.39 is 0 Å². The summed E-state index contributed by atoms with van der Waals surface area (Å²) in [4.78, 5) is 0. The van der Waals surface area contributed by atoms with E-state index in [0.717, 1.165) is 31.5 Å².